The highest BCUT2D eigenvalue weighted by molar-refractivity contribution is 5.94. The number of hydrogen-bond donors (Lipinski definition) is 2. The number of carbonyl (C=O) groups excluding carboxylic acids is 2. The average molecular weight is 405 g/mol. The van der Waals surface area contributed by atoms with Gasteiger partial charge in [-0.05, 0) is 37.1 Å². The van der Waals surface area contributed by atoms with Crippen LogP contribution < -0.4 is 10.6 Å². The molecule has 4 rings (SSSR count). The van der Waals surface area contributed by atoms with Crippen molar-refractivity contribution in [1.82, 2.24) is 20.4 Å². The molecule has 1 aliphatic heterocycles. The Hall–Kier alpha value is -3.52. The number of amides is 2. The first-order valence-corrected chi connectivity index (χ1v) is 9.94. The molecule has 1 aliphatic rings. The number of anilines is 1. The van der Waals surface area contributed by atoms with Crippen molar-refractivity contribution >= 4 is 17.8 Å². The van der Waals surface area contributed by atoms with Crippen LogP contribution in [0, 0.1) is 0 Å². The number of carbonyl (C=O) groups is 2. The van der Waals surface area contributed by atoms with E-state index in [1.165, 1.54) is 0 Å². The van der Waals surface area contributed by atoms with Gasteiger partial charge in [-0.2, -0.15) is 0 Å². The molecule has 8 heteroatoms. The maximum atomic E-state index is 12.3. The van der Waals surface area contributed by atoms with E-state index < -0.39 is 0 Å². The topological polar surface area (TPSA) is 100 Å². The number of rotatable bonds is 6. The summed E-state index contributed by atoms with van der Waals surface area (Å²) in [6, 6.07) is 18.8. The van der Waals surface area contributed by atoms with Crippen molar-refractivity contribution in [2.75, 3.05) is 25.0 Å². The Morgan fingerprint density at radius 2 is 1.63 bits per heavy atom. The van der Waals surface area contributed by atoms with Crippen LogP contribution in [-0.2, 0) is 4.79 Å². The molecule has 0 spiro atoms. The van der Waals surface area contributed by atoms with Crippen LogP contribution in [0.4, 0.5) is 6.01 Å². The lowest BCUT2D eigenvalue weighted by Crippen LogP contribution is -2.46. The van der Waals surface area contributed by atoms with Crippen molar-refractivity contribution in [3.8, 4) is 11.5 Å². The molecule has 1 aromatic heterocycles. The van der Waals surface area contributed by atoms with E-state index in [2.05, 4.69) is 25.7 Å². The van der Waals surface area contributed by atoms with Crippen LogP contribution in [0.2, 0.25) is 0 Å². The third kappa shape index (κ3) is 5.09. The van der Waals surface area contributed by atoms with Crippen molar-refractivity contribution in [2.24, 2.45) is 0 Å². The van der Waals surface area contributed by atoms with Gasteiger partial charge < -0.3 is 9.73 Å². The maximum absolute atomic E-state index is 12.3. The molecule has 0 unspecified atom stereocenters. The summed E-state index contributed by atoms with van der Waals surface area (Å²) in [4.78, 5) is 26.6. The van der Waals surface area contributed by atoms with Crippen LogP contribution in [0.5, 0.6) is 0 Å². The molecule has 0 saturated carbocycles. The largest absolute Gasteiger partial charge is 0.403 e. The maximum Gasteiger partial charge on any atom is 0.322 e. The summed E-state index contributed by atoms with van der Waals surface area (Å²) >= 11 is 0. The van der Waals surface area contributed by atoms with Crippen molar-refractivity contribution < 1.29 is 14.0 Å². The zero-order valence-corrected chi connectivity index (χ0v) is 16.5. The minimum Gasteiger partial charge on any atom is -0.403 e. The summed E-state index contributed by atoms with van der Waals surface area (Å²) in [5.74, 6) is 0.100. The summed E-state index contributed by atoms with van der Waals surface area (Å²) in [5.41, 5.74) is 1.46. The summed E-state index contributed by atoms with van der Waals surface area (Å²) in [6.45, 7) is 1.70. The molecule has 2 amide bonds. The Kier molecular flexibility index (Phi) is 6.14. The quantitative estimate of drug-likeness (QED) is 0.654. The van der Waals surface area contributed by atoms with E-state index >= 15 is 0 Å². The Morgan fingerprint density at radius 3 is 2.33 bits per heavy atom. The normalized spacial score (nSPS) is 14.9. The molecule has 2 heterocycles. The lowest BCUT2D eigenvalue weighted by Gasteiger charge is -2.31. The van der Waals surface area contributed by atoms with E-state index in [0.29, 0.717) is 11.5 Å². The van der Waals surface area contributed by atoms with Crippen molar-refractivity contribution in [2.45, 2.75) is 18.9 Å². The minimum absolute atomic E-state index is 0.0580. The van der Waals surface area contributed by atoms with Gasteiger partial charge in [0.25, 0.3) is 5.91 Å². The zero-order chi connectivity index (χ0) is 20.8. The van der Waals surface area contributed by atoms with E-state index in [4.69, 9.17) is 4.42 Å². The van der Waals surface area contributed by atoms with Gasteiger partial charge in [0, 0.05) is 30.3 Å². The third-order valence-electron chi connectivity index (χ3n) is 5.02. The number of aromatic nitrogens is 2. The smallest absolute Gasteiger partial charge is 0.322 e. The highest BCUT2D eigenvalue weighted by Crippen LogP contribution is 2.19. The van der Waals surface area contributed by atoms with Gasteiger partial charge in [0.2, 0.25) is 11.8 Å². The fourth-order valence-electron chi connectivity index (χ4n) is 3.43. The number of piperidine rings is 1. The molecule has 2 aromatic carbocycles. The van der Waals surface area contributed by atoms with Crippen LogP contribution in [0.25, 0.3) is 11.5 Å². The fraction of sp³-hybridized carbons (Fsp3) is 0.273. The number of nitrogens with one attached hydrogen (secondary N) is 2. The van der Waals surface area contributed by atoms with E-state index in [-0.39, 0.29) is 30.4 Å². The summed E-state index contributed by atoms with van der Waals surface area (Å²) in [5, 5.41) is 13.6. The molecule has 0 radical (unpaired) electrons. The first-order valence-electron chi connectivity index (χ1n) is 9.94. The van der Waals surface area contributed by atoms with Crippen molar-refractivity contribution in [3.63, 3.8) is 0 Å². The zero-order valence-electron chi connectivity index (χ0n) is 16.5. The van der Waals surface area contributed by atoms with Crippen molar-refractivity contribution in [3.05, 3.63) is 66.2 Å². The molecule has 0 aliphatic carbocycles. The predicted octanol–water partition coefficient (Wildman–Crippen LogP) is 2.57. The predicted molar refractivity (Wildman–Crippen MR) is 112 cm³/mol. The molecular weight excluding hydrogens is 382 g/mol. The molecule has 0 bridgehead atoms. The first kappa shape index (κ1) is 19.8. The molecule has 154 valence electrons. The van der Waals surface area contributed by atoms with Gasteiger partial charge in [0.05, 0.1) is 6.54 Å². The molecule has 8 nitrogen and oxygen atoms in total. The highest BCUT2D eigenvalue weighted by atomic mass is 16.4. The second-order valence-corrected chi connectivity index (χ2v) is 7.22. The molecule has 0 atom stereocenters. The number of benzene rings is 2. The first-order chi connectivity index (χ1) is 14.7. The lowest BCUT2D eigenvalue weighted by atomic mass is 10.0. The Bertz CT molecular complexity index is 982. The third-order valence-corrected chi connectivity index (χ3v) is 5.02. The molecule has 3 aromatic rings. The SMILES string of the molecule is O=C(CN1CCC(NC(=O)c2ccccc2)CC1)Nc1nnc(-c2ccccc2)o1. The number of likely N-dealkylation sites (tertiary alicyclic amines) is 1. The van der Waals surface area contributed by atoms with Crippen LogP contribution in [0.1, 0.15) is 23.2 Å². The van der Waals surface area contributed by atoms with E-state index in [1.807, 2.05) is 48.5 Å². The van der Waals surface area contributed by atoms with E-state index in [0.717, 1.165) is 31.5 Å². The molecule has 1 fully saturated rings. The van der Waals surface area contributed by atoms with Gasteiger partial charge in [-0.25, -0.2) is 0 Å². The molecule has 2 N–H and O–H groups in total. The summed E-state index contributed by atoms with van der Waals surface area (Å²) < 4.78 is 5.51. The second-order valence-electron chi connectivity index (χ2n) is 7.22. The average Bonchev–Trinajstić information content (AvgIpc) is 3.24. The molecule has 1 saturated heterocycles. The summed E-state index contributed by atoms with van der Waals surface area (Å²) in [6.07, 6.45) is 1.59. The standard InChI is InChI=1S/C22H23N5O3/c28-19(24-22-26-25-21(30-22)17-9-5-2-6-10-17)15-27-13-11-18(12-14-27)23-20(29)16-7-3-1-4-8-16/h1-10,18H,11-15H2,(H,23,29)(H,24,26,28). The van der Waals surface area contributed by atoms with Crippen LogP contribution in [-0.4, -0.2) is 52.6 Å². The highest BCUT2D eigenvalue weighted by Gasteiger charge is 2.23. The molecule has 30 heavy (non-hydrogen) atoms. The summed E-state index contributed by atoms with van der Waals surface area (Å²) in [7, 11) is 0. The van der Waals surface area contributed by atoms with Gasteiger partial charge in [0.15, 0.2) is 0 Å². The van der Waals surface area contributed by atoms with Gasteiger partial charge in [-0.1, -0.05) is 41.5 Å². The van der Waals surface area contributed by atoms with Gasteiger partial charge in [-0.3, -0.25) is 19.8 Å². The second kappa shape index (κ2) is 9.32. The molecular formula is C22H23N5O3. The number of hydrogen-bond acceptors (Lipinski definition) is 6. The fourth-order valence-corrected chi connectivity index (χ4v) is 3.43. The lowest BCUT2D eigenvalue weighted by molar-refractivity contribution is -0.117. The van der Waals surface area contributed by atoms with E-state index in [1.54, 1.807) is 12.1 Å². The number of nitrogens with zero attached hydrogens (tertiary/aromatic N) is 3. The van der Waals surface area contributed by atoms with Crippen molar-refractivity contribution in [1.29, 1.82) is 0 Å². The van der Waals surface area contributed by atoms with Crippen LogP contribution >= 0.6 is 0 Å². The monoisotopic (exact) mass is 405 g/mol. The van der Waals surface area contributed by atoms with Gasteiger partial charge in [-0.15, -0.1) is 5.10 Å². The van der Waals surface area contributed by atoms with Gasteiger partial charge >= 0.3 is 6.01 Å². The Balaban J connectivity index is 1.22. The van der Waals surface area contributed by atoms with Crippen LogP contribution in [0.3, 0.4) is 0 Å². The van der Waals surface area contributed by atoms with E-state index in [9.17, 15) is 9.59 Å². The Morgan fingerprint density at radius 1 is 0.967 bits per heavy atom. The van der Waals surface area contributed by atoms with Crippen LogP contribution in [0.15, 0.2) is 65.1 Å². The van der Waals surface area contributed by atoms with Gasteiger partial charge in [0.1, 0.15) is 0 Å². The Labute approximate surface area is 174 Å². The minimum atomic E-state index is -0.204.